The second-order valence-corrected chi connectivity index (χ2v) is 6.25. The number of primary amides is 1. The van der Waals surface area contributed by atoms with E-state index in [4.69, 9.17) is 10.5 Å². The molecule has 0 fully saturated rings. The van der Waals surface area contributed by atoms with E-state index in [0.717, 1.165) is 16.3 Å². The molecule has 1 aromatic heterocycles. The van der Waals surface area contributed by atoms with Gasteiger partial charge in [-0.3, -0.25) is 4.79 Å². The minimum atomic E-state index is -0.387. The van der Waals surface area contributed by atoms with Crippen LogP contribution in [-0.2, 0) is 6.54 Å². The lowest BCUT2D eigenvalue weighted by molar-refractivity contribution is 0.100. The first-order valence-electron chi connectivity index (χ1n) is 6.88. The van der Waals surface area contributed by atoms with E-state index < -0.39 is 0 Å². The minimum Gasteiger partial charge on any atom is -0.493 e. The maximum atomic E-state index is 11.1. The van der Waals surface area contributed by atoms with E-state index in [0.29, 0.717) is 24.6 Å². The Bertz CT molecular complexity index is 608. The summed E-state index contributed by atoms with van der Waals surface area (Å²) in [6, 6.07) is 9.69. The van der Waals surface area contributed by atoms with Crippen molar-refractivity contribution in [1.29, 1.82) is 0 Å². The smallest absolute Gasteiger partial charge is 0.249 e. The highest BCUT2D eigenvalue weighted by molar-refractivity contribution is 7.10. The summed E-state index contributed by atoms with van der Waals surface area (Å²) < 4.78 is 5.70. The normalized spacial score (nSPS) is 10.6. The summed E-state index contributed by atoms with van der Waals surface area (Å²) in [6.45, 7) is 5.60. The van der Waals surface area contributed by atoms with Gasteiger partial charge in [0.2, 0.25) is 5.91 Å². The standard InChI is InChI=1S/C16H20N2O2S/c1-11(2)9-20-14-5-3-4-13(7-14)18-8-15-6-12(10-21-15)16(17)19/h3-7,10-11,18H,8-9H2,1-2H3,(H2,17,19). The number of carbonyl (C=O) groups is 1. The first-order valence-corrected chi connectivity index (χ1v) is 7.76. The fourth-order valence-electron chi connectivity index (χ4n) is 1.75. The monoisotopic (exact) mass is 304 g/mol. The van der Waals surface area contributed by atoms with Gasteiger partial charge >= 0.3 is 0 Å². The molecule has 1 amide bonds. The highest BCUT2D eigenvalue weighted by Gasteiger charge is 2.05. The zero-order valence-corrected chi connectivity index (χ0v) is 13.1. The van der Waals surface area contributed by atoms with Crippen LogP contribution in [0.3, 0.4) is 0 Å². The Kier molecular flexibility index (Phi) is 5.22. The Labute approximate surface area is 128 Å². The Hall–Kier alpha value is -2.01. The zero-order chi connectivity index (χ0) is 15.2. The van der Waals surface area contributed by atoms with Crippen LogP contribution in [0.4, 0.5) is 5.69 Å². The molecule has 0 bridgehead atoms. The van der Waals surface area contributed by atoms with Crippen LogP contribution < -0.4 is 15.8 Å². The van der Waals surface area contributed by atoms with Crippen molar-refractivity contribution in [2.75, 3.05) is 11.9 Å². The minimum absolute atomic E-state index is 0.387. The summed E-state index contributed by atoms with van der Waals surface area (Å²) >= 11 is 1.52. The summed E-state index contributed by atoms with van der Waals surface area (Å²) in [5.41, 5.74) is 6.79. The van der Waals surface area contributed by atoms with Crippen molar-refractivity contribution in [3.63, 3.8) is 0 Å². The third kappa shape index (κ3) is 4.79. The summed E-state index contributed by atoms with van der Waals surface area (Å²) in [7, 11) is 0. The van der Waals surface area contributed by atoms with E-state index in [-0.39, 0.29) is 5.91 Å². The topological polar surface area (TPSA) is 64.3 Å². The third-order valence-corrected chi connectivity index (χ3v) is 3.76. The SMILES string of the molecule is CC(C)COc1cccc(NCc2cc(C(N)=O)cs2)c1. The number of nitrogens with two attached hydrogens (primary N) is 1. The van der Waals surface area contributed by atoms with Crippen molar-refractivity contribution in [1.82, 2.24) is 0 Å². The van der Waals surface area contributed by atoms with Gasteiger partial charge in [-0.2, -0.15) is 0 Å². The molecule has 112 valence electrons. The lowest BCUT2D eigenvalue weighted by Gasteiger charge is -2.10. The third-order valence-electron chi connectivity index (χ3n) is 2.82. The molecule has 4 nitrogen and oxygen atoms in total. The fraction of sp³-hybridized carbons (Fsp3) is 0.312. The summed E-state index contributed by atoms with van der Waals surface area (Å²) in [4.78, 5) is 12.1. The van der Waals surface area contributed by atoms with Gasteiger partial charge in [0.1, 0.15) is 5.75 Å². The molecule has 0 spiro atoms. The number of benzene rings is 1. The van der Waals surface area contributed by atoms with Gasteiger partial charge < -0.3 is 15.8 Å². The number of ether oxygens (including phenoxy) is 1. The van der Waals surface area contributed by atoms with Crippen molar-refractivity contribution in [2.45, 2.75) is 20.4 Å². The molecule has 0 aliphatic rings. The first-order chi connectivity index (χ1) is 10.0. The molecular weight excluding hydrogens is 284 g/mol. The molecule has 0 saturated carbocycles. The van der Waals surface area contributed by atoms with Crippen LogP contribution in [0, 0.1) is 5.92 Å². The maximum absolute atomic E-state index is 11.1. The molecule has 2 rings (SSSR count). The second-order valence-electron chi connectivity index (χ2n) is 5.25. The number of hydrogen-bond acceptors (Lipinski definition) is 4. The Morgan fingerprint density at radius 2 is 2.19 bits per heavy atom. The van der Waals surface area contributed by atoms with Crippen molar-refractivity contribution in [3.05, 3.63) is 46.2 Å². The number of amides is 1. The van der Waals surface area contributed by atoms with Crippen LogP contribution in [0.2, 0.25) is 0 Å². The molecule has 0 aliphatic heterocycles. The van der Waals surface area contributed by atoms with E-state index in [9.17, 15) is 4.79 Å². The van der Waals surface area contributed by atoms with Gasteiger partial charge in [-0.15, -0.1) is 11.3 Å². The van der Waals surface area contributed by atoms with E-state index >= 15 is 0 Å². The van der Waals surface area contributed by atoms with Gasteiger partial charge in [0.15, 0.2) is 0 Å². The average Bonchev–Trinajstić information content (AvgIpc) is 2.92. The number of hydrogen-bond donors (Lipinski definition) is 2. The molecule has 2 aromatic rings. The largest absolute Gasteiger partial charge is 0.493 e. The van der Waals surface area contributed by atoms with Crippen molar-refractivity contribution in [2.24, 2.45) is 11.7 Å². The van der Waals surface area contributed by atoms with Gasteiger partial charge in [-0.05, 0) is 24.1 Å². The lowest BCUT2D eigenvalue weighted by atomic mass is 10.2. The lowest BCUT2D eigenvalue weighted by Crippen LogP contribution is -2.09. The fourth-order valence-corrected chi connectivity index (χ4v) is 2.56. The van der Waals surface area contributed by atoms with Crippen LogP contribution in [0.5, 0.6) is 5.75 Å². The van der Waals surface area contributed by atoms with Crippen LogP contribution in [0.1, 0.15) is 29.1 Å². The number of thiophene rings is 1. The molecule has 1 heterocycles. The van der Waals surface area contributed by atoms with Gasteiger partial charge in [-0.25, -0.2) is 0 Å². The highest BCUT2D eigenvalue weighted by Crippen LogP contribution is 2.20. The Balaban J connectivity index is 1.93. The summed E-state index contributed by atoms with van der Waals surface area (Å²) in [5.74, 6) is 0.972. The van der Waals surface area contributed by atoms with Crippen molar-refractivity contribution in [3.8, 4) is 5.75 Å². The highest BCUT2D eigenvalue weighted by atomic mass is 32.1. The molecule has 1 aromatic carbocycles. The van der Waals surface area contributed by atoms with E-state index in [1.54, 1.807) is 5.38 Å². The number of rotatable bonds is 7. The quantitative estimate of drug-likeness (QED) is 0.823. The predicted molar refractivity (Wildman–Crippen MR) is 86.9 cm³/mol. The van der Waals surface area contributed by atoms with Gasteiger partial charge in [-0.1, -0.05) is 19.9 Å². The molecule has 3 N–H and O–H groups in total. The number of anilines is 1. The molecule has 0 unspecified atom stereocenters. The average molecular weight is 304 g/mol. The van der Waals surface area contributed by atoms with E-state index in [2.05, 4.69) is 19.2 Å². The molecule has 0 radical (unpaired) electrons. The second kappa shape index (κ2) is 7.13. The summed E-state index contributed by atoms with van der Waals surface area (Å²) in [6.07, 6.45) is 0. The van der Waals surface area contributed by atoms with Crippen molar-refractivity contribution >= 4 is 22.9 Å². The van der Waals surface area contributed by atoms with Crippen LogP contribution in [0.15, 0.2) is 35.7 Å². The van der Waals surface area contributed by atoms with Crippen LogP contribution in [-0.4, -0.2) is 12.5 Å². The van der Waals surface area contributed by atoms with Gasteiger partial charge in [0.05, 0.1) is 12.2 Å². The maximum Gasteiger partial charge on any atom is 0.249 e. The Morgan fingerprint density at radius 1 is 1.38 bits per heavy atom. The molecule has 21 heavy (non-hydrogen) atoms. The van der Waals surface area contributed by atoms with Gasteiger partial charge in [0.25, 0.3) is 0 Å². The first kappa shape index (κ1) is 15.4. The van der Waals surface area contributed by atoms with Crippen molar-refractivity contribution < 1.29 is 9.53 Å². The molecule has 0 atom stereocenters. The Morgan fingerprint density at radius 3 is 2.86 bits per heavy atom. The van der Waals surface area contributed by atoms with E-state index in [1.165, 1.54) is 11.3 Å². The van der Waals surface area contributed by atoms with Crippen LogP contribution >= 0.6 is 11.3 Å². The summed E-state index contributed by atoms with van der Waals surface area (Å²) in [5, 5.41) is 5.10. The predicted octanol–water partition coefficient (Wildman–Crippen LogP) is 3.49. The van der Waals surface area contributed by atoms with Crippen LogP contribution in [0.25, 0.3) is 0 Å². The number of carbonyl (C=O) groups excluding carboxylic acids is 1. The number of nitrogens with one attached hydrogen (secondary N) is 1. The molecule has 0 saturated heterocycles. The molecular formula is C16H20N2O2S. The molecule has 5 heteroatoms. The van der Waals surface area contributed by atoms with Gasteiger partial charge in [0, 0.05) is 28.6 Å². The van der Waals surface area contributed by atoms with E-state index in [1.807, 2.05) is 30.3 Å². The molecule has 0 aliphatic carbocycles. The zero-order valence-electron chi connectivity index (χ0n) is 12.3.